The first kappa shape index (κ1) is 12.3. The van der Waals surface area contributed by atoms with Crippen LogP contribution in [0, 0.1) is 0 Å². The lowest BCUT2D eigenvalue weighted by Crippen LogP contribution is -2.13. The van der Waals surface area contributed by atoms with Crippen LogP contribution < -0.4 is 5.32 Å². The molecule has 88 valence electrons. The molecule has 2 aromatic rings. The fraction of sp³-hybridized carbons (Fsp3) is 0.100. The third-order valence-corrected chi connectivity index (χ3v) is 3.22. The molecule has 1 amide bonds. The maximum Gasteiger partial charge on any atom is 0.241 e. The summed E-state index contributed by atoms with van der Waals surface area (Å²) in [5, 5.41) is 3.72. The number of nitrogens with one attached hydrogen (secondary N) is 1. The van der Waals surface area contributed by atoms with E-state index in [-0.39, 0.29) is 17.7 Å². The number of rotatable bonds is 3. The van der Waals surface area contributed by atoms with Crippen molar-refractivity contribution in [1.29, 1.82) is 0 Å². The van der Waals surface area contributed by atoms with Gasteiger partial charge in [-0.15, -0.1) is 11.6 Å². The van der Waals surface area contributed by atoms with E-state index in [1.807, 2.05) is 18.2 Å². The van der Waals surface area contributed by atoms with Crippen molar-refractivity contribution >= 4 is 46.6 Å². The van der Waals surface area contributed by atoms with Gasteiger partial charge in [-0.05, 0) is 17.6 Å². The minimum absolute atomic E-state index is 0.124. The Morgan fingerprint density at radius 3 is 2.88 bits per heavy atom. The molecule has 17 heavy (non-hydrogen) atoms. The van der Waals surface area contributed by atoms with Crippen LogP contribution in [0.4, 0.5) is 5.95 Å². The van der Waals surface area contributed by atoms with Crippen LogP contribution in [-0.2, 0) is 4.79 Å². The minimum atomic E-state index is -0.338. The highest BCUT2D eigenvalue weighted by Crippen LogP contribution is 2.29. The van der Waals surface area contributed by atoms with E-state index < -0.39 is 0 Å². The van der Waals surface area contributed by atoms with Crippen LogP contribution in [0.3, 0.4) is 0 Å². The molecule has 7 heteroatoms. The van der Waals surface area contributed by atoms with Gasteiger partial charge in [0.1, 0.15) is 10.9 Å². The highest BCUT2D eigenvalue weighted by Gasteiger charge is 2.10. The molecule has 0 aliphatic heterocycles. The van der Waals surface area contributed by atoms with Crippen molar-refractivity contribution < 1.29 is 4.79 Å². The summed E-state index contributed by atoms with van der Waals surface area (Å²) in [5.41, 5.74) is 0.790. The monoisotopic (exact) mass is 287 g/mol. The van der Waals surface area contributed by atoms with E-state index in [4.69, 9.17) is 23.2 Å². The molecule has 1 N–H and O–H groups in total. The van der Waals surface area contributed by atoms with Crippen LogP contribution in [0.1, 0.15) is 0 Å². The average molecular weight is 288 g/mol. The topological polar surface area (TPSA) is 54.9 Å². The molecule has 1 aromatic carbocycles. The molecule has 0 aliphatic rings. The fourth-order valence-corrected chi connectivity index (χ4v) is 2.19. The first-order valence-electron chi connectivity index (χ1n) is 4.65. The van der Waals surface area contributed by atoms with Gasteiger partial charge in [-0.1, -0.05) is 29.8 Å². The average Bonchev–Trinajstić information content (AvgIpc) is 2.78. The van der Waals surface area contributed by atoms with Crippen molar-refractivity contribution in [1.82, 2.24) is 9.36 Å². The largest absolute Gasteiger partial charge is 0.293 e. The normalized spacial score (nSPS) is 10.2. The number of halogens is 2. The van der Waals surface area contributed by atoms with E-state index >= 15 is 0 Å². The molecule has 0 fully saturated rings. The van der Waals surface area contributed by atoms with E-state index in [1.54, 1.807) is 6.07 Å². The van der Waals surface area contributed by atoms with Crippen molar-refractivity contribution in [2.75, 3.05) is 11.2 Å². The molecule has 0 aliphatic carbocycles. The third-order valence-electron chi connectivity index (χ3n) is 1.90. The Kier molecular flexibility index (Phi) is 3.93. The van der Waals surface area contributed by atoms with Crippen LogP contribution in [0.15, 0.2) is 24.3 Å². The molecule has 0 bridgehead atoms. The summed E-state index contributed by atoms with van der Waals surface area (Å²) in [6.07, 6.45) is 0. The Labute approximate surface area is 112 Å². The van der Waals surface area contributed by atoms with Gasteiger partial charge < -0.3 is 0 Å². The van der Waals surface area contributed by atoms with Gasteiger partial charge in [0.2, 0.25) is 11.9 Å². The summed E-state index contributed by atoms with van der Waals surface area (Å²) in [7, 11) is 0. The number of aromatic nitrogens is 2. The standard InChI is InChI=1S/C10H7Cl2N3OS/c11-5-8(16)13-10-14-9(17-15-10)6-3-1-2-4-7(6)12/h1-4H,5H2,(H,13,15,16). The molecule has 2 rings (SSSR count). The fourth-order valence-electron chi connectivity index (χ4n) is 1.18. The first-order chi connectivity index (χ1) is 8.20. The number of hydrogen-bond donors (Lipinski definition) is 1. The number of hydrogen-bond acceptors (Lipinski definition) is 4. The van der Waals surface area contributed by atoms with Gasteiger partial charge in [-0.3, -0.25) is 10.1 Å². The molecule has 0 saturated carbocycles. The number of nitrogens with zero attached hydrogens (tertiary/aromatic N) is 2. The van der Waals surface area contributed by atoms with Crippen molar-refractivity contribution in [3.8, 4) is 10.6 Å². The molecule has 1 aromatic heterocycles. The number of amides is 1. The Bertz CT molecular complexity index is 544. The maximum absolute atomic E-state index is 11.0. The summed E-state index contributed by atoms with van der Waals surface area (Å²) in [6.45, 7) is 0. The summed E-state index contributed by atoms with van der Waals surface area (Å²) < 4.78 is 4.00. The molecular weight excluding hydrogens is 281 g/mol. The van der Waals surface area contributed by atoms with Gasteiger partial charge in [0.05, 0.1) is 5.02 Å². The number of benzene rings is 1. The molecule has 0 saturated heterocycles. The zero-order valence-electron chi connectivity index (χ0n) is 8.48. The maximum atomic E-state index is 11.0. The summed E-state index contributed by atoms with van der Waals surface area (Å²) in [6, 6.07) is 7.31. The lowest BCUT2D eigenvalue weighted by molar-refractivity contribution is -0.114. The summed E-state index contributed by atoms with van der Waals surface area (Å²) in [4.78, 5) is 15.2. The predicted octanol–water partition coefficient (Wildman–Crippen LogP) is 3.04. The number of carbonyl (C=O) groups excluding carboxylic acids is 1. The van der Waals surface area contributed by atoms with Crippen LogP contribution in [-0.4, -0.2) is 21.1 Å². The number of anilines is 1. The predicted molar refractivity (Wildman–Crippen MR) is 69.7 cm³/mol. The van der Waals surface area contributed by atoms with Crippen molar-refractivity contribution in [2.45, 2.75) is 0 Å². The summed E-state index contributed by atoms with van der Waals surface area (Å²) >= 11 is 12.6. The summed E-state index contributed by atoms with van der Waals surface area (Å²) in [5.74, 6) is -0.216. The van der Waals surface area contributed by atoms with Crippen molar-refractivity contribution in [3.05, 3.63) is 29.3 Å². The Balaban J connectivity index is 2.24. The van der Waals surface area contributed by atoms with Crippen LogP contribution in [0.2, 0.25) is 5.02 Å². The van der Waals surface area contributed by atoms with Gasteiger partial charge in [0.15, 0.2) is 0 Å². The zero-order valence-corrected chi connectivity index (χ0v) is 10.8. The lowest BCUT2D eigenvalue weighted by Gasteiger charge is -1.97. The van der Waals surface area contributed by atoms with E-state index in [1.165, 1.54) is 11.5 Å². The first-order valence-corrected chi connectivity index (χ1v) is 6.33. The van der Waals surface area contributed by atoms with E-state index in [0.717, 1.165) is 5.56 Å². The Hall–Kier alpha value is -1.17. The van der Waals surface area contributed by atoms with Crippen molar-refractivity contribution in [3.63, 3.8) is 0 Å². The lowest BCUT2D eigenvalue weighted by atomic mass is 10.2. The van der Waals surface area contributed by atoms with Gasteiger partial charge in [0, 0.05) is 5.56 Å². The second kappa shape index (κ2) is 5.44. The molecule has 4 nitrogen and oxygen atoms in total. The minimum Gasteiger partial charge on any atom is -0.293 e. The highest BCUT2D eigenvalue weighted by atomic mass is 35.5. The quantitative estimate of drug-likeness (QED) is 0.883. The second-order valence-corrected chi connectivity index (χ2v) is 4.51. The smallest absolute Gasteiger partial charge is 0.241 e. The SMILES string of the molecule is O=C(CCl)Nc1nsc(-c2ccccc2Cl)n1. The van der Waals surface area contributed by atoms with Crippen LogP contribution in [0.5, 0.6) is 0 Å². The van der Waals surface area contributed by atoms with Gasteiger partial charge in [0.25, 0.3) is 0 Å². The molecule has 0 atom stereocenters. The zero-order chi connectivity index (χ0) is 12.3. The molecular formula is C10H7Cl2N3OS. The number of carbonyl (C=O) groups is 1. The molecule has 0 spiro atoms. The van der Waals surface area contributed by atoms with Gasteiger partial charge in [-0.2, -0.15) is 9.36 Å². The highest BCUT2D eigenvalue weighted by molar-refractivity contribution is 7.09. The van der Waals surface area contributed by atoms with E-state index in [0.29, 0.717) is 10.0 Å². The Morgan fingerprint density at radius 2 is 2.18 bits per heavy atom. The third kappa shape index (κ3) is 2.94. The Morgan fingerprint density at radius 1 is 1.41 bits per heavy atom. The van der Waals surface area contributed by atoms with Crippen molar-refractivity contribution in [2.24, 2.45) is 0 Å². The number of alkyl halides is 1. The van der Waals surface area contributed by atoms with Gasteiger partial charge >= 0.3 is 0 Å². The molecule has 0 unspecified atom stereocenters. The van der Waals surface area contributed by atoms with Crippen LogP contribution in [0.25, 0.3) is 10.6 Å². The molecule has 1 heterocycles. The van der Waals surface area contributed by atoms with E-state index in [9.17, 15) is 4.79 Å². The van der Waals surface area contributed by atoms with Crippen LogP contribution >= 0.6 is 34.7 Å². The second-order valence-electron chi connectivity index (χ2n) is 3.08. The molecule has 0 radical (unpaired) electrons. The van der Waals surface area contributed by atoms with Gasteiger partial charge in [-0.25, -0.2) is 0 Å². The van der Waals surface area contributed by atoms with E-state index in [2.05, 4.69) is 14.7 Å².